The summed E-state index contributed by atoms with van der Waals surface area (Å²) in [6.07, 6.45) is -7.59. The number of hydrogen-bond donors (Lipinski definition) is 0. The number of hydrogen-bond acceptors (Lipinski definition) is 0. The summed E-state index contributed by atoms with van der Waals surface area (Å²) in [6.45, 7) is 0. The summed E-state index contributed by atoms with van der Waals surface area (Å²) in [5, 5.41) is 1.21. The summed E-state index contributed by atoms with van der Waals surface area (Å²) in [7, 11) is -0.357. The van der Waals surface area contributed by atoms with Gasteiger partial charge in [-0.1, -0.05) is 0 Å². The van der Waals surface area contributed by atoms with Crippen LogP contribution in [-0.2, 0) is 0 Å². The summed E-state index contributed by atoms with van der Waals surface area (Å²) >= 11 is 0. The van der Waals surface area contributed by atoms with E-state index in [4.69, 9.17) is 0 Å². The van der Waals surface area contributed by atoms with Gasteiger partial charge < -0.3 is 5.32 Å². The molecule has 0 fully saturated rings. The molecule has 0 rings (SSSR count). The van der Waals surface area contributed by atoms with Gasteiger partial charge >= 0.3 is 35.8 Å². The minimum absolute atomic E-state index is 0.357. The summed E-state index contributed by atoms with van der Waals surface area (Å²) in [5.41, 5.74) is 0. The van der Waals surface area contributed by atoms with Gasteiger partial charge in [0.05, 0.1) is 0 Å². The number of nitrogens with zero attached hydrogens (tertiary/aromatic N) is 1. The standard InChI is InChI=1S/C8H3F15N/c1-24-8(22,23)6(17,18)4(13,14)2(9,10)3(11,12)5(15,16)7(19,20)21/h1H3/q-1. The Labute approximate surface area is 121 Å². The molecule has 0 saturated carbocycles. The second-order valence-corrected chi connectivity index (χ2v) is 4.13. The Kier molecular flexibility index (Phi) is 5.21. The molecular formula is C8H3F15N-. The van der Waals surface area contributed by atoms with E-state index in [2.05, 4.69) is 0 Å². The van der Waals surface area contributed by atoms with Crippen molar-refractivity contribution in [2.45, 2.75) is 41.8 Å². The minimum Gasteiger partial charge on any atom is -0.597 e. The van der Waals surface area contributed by atoms with E-state index in [1.54, 1.807) is 0 Å². The second-order valence-electron chi connectivity index (χ2n) is 4.13. The summed E-state index contributed by atoms with van der Waals surface area (Å²) < 4.78 is 187. The molecule has 0 aromatic heterocycles. The van der Waals surface area contributed by atoms with Gasteiger partial charge in [-0.2, -0.15) is 64.1 Å². The van der Waals surface area contributed by atoms with Crippen molar-refractivity contribution in [3.05, 3.63) is 5.32 Å². The highest BCUT2D eigenvalue weighted by molar-refractivity contribution is 5.15. The van der Waals surface area contributed by atoms with E-state index in [1.807, 2.05) is 0 Å². The molecule has 0 aliphatic rings. The molecule has 0 aliphatic heterocycles. The van der Waals surface area contributed by atoms with Gasteiger partial charge in [-0.05, 0) is 0 Å². The SMILES string of the molecule is C[N-]C(F)(F)C(F)(F)C(F)(F)C(F)(F)C(F)(F)C(F)(F)C(F)(F)F. The third kappa shape index (κ3) is 2.65. The lowest BCUT2D eigenvalue weighted by Gasteiger charge is -2.44. The van der Waals surface area contributed by atoms with E-state index >= 15 is 0 Å². The molecule has 0 N–H and O–H groups in total. The molecule has 16 heteroatoms. The fourth-order valence-electron chi connectivity index (χ4n) is 1.10. The van der Waals surface area contributed by atoms with Crippen LogP contribution in [0.2, 0.25) is 0 Å². The Bertz CT molecular complexity index is 461. The molecule has 0 unspecified atom stereocenters. The topological polar surface area (TPSA) is 14.1 Å². The van der Waals surface area contributed by atoms with E-state index in [-0.39, 0.29) is 7.05 Å². The molecule has 0 atom stereocenters. The predicted octanol–water partition coefficient (Wildman–Crippen LogP) is 5.32. The van der Waals surface area contributed by atoms with Crippen molar-refractivity contribution in [3.63, 3.8) is 0 Å². The van der Waals surface area contributed by atoms with Crippen molar-refractivity contribution in [3.8, 4) is 0 Å². The molecule has 0 heterocycles. The summed E-state index contributed by atoms with van der Waals surface area (Å²) in [4.78, 5) is 0. The summed E-state index contributed by atoms with van der Waals surface area (Å²) in [6, 6.07) is -6.50. The Morgan fingerprint density at radius 2 is 0.667 bits per heavy atom. The van der Waals surface area contributed by atoms with Crippen LogP contribution in [0.3, 0.4) is 0 Å². The van der Waals surface area contributed by atoms with Crippen LogP contribution < -0.4 is 0 Å². The minimum atomic E-state index is -8.25. The lowest BCUT2D eigenvalue weighted by atomic mass is 9.93. The maximum Gasteiger partial charge on any atom is 0.460 e. The number of halogens is 15. The maximum atomic E-state index is 12.9. The lowest BCUT2D eigenvalue weighted by molar-refractivity contribution is -0.450. The summed E-state index contributed by atoms with van der Waals surface area (Å²) in [5.74, 6) is -40.0. The fourth-order valence-corrected chi connectivity index (χ4v) is 1.10. The quantitative estimate of drug-likeness (QED) is 0.425. The Morgan fingerprint density at radius 1 is 0.417 bits per heavy atom. The molecule has 146 valence electrons. The van der Waals surface area contributed by atoms with E-state index in [9.17, 15) is 65.9 Å². The molecule has 0 amide bonds. The third-order valence-electron chi connectivity index (χ3n) is 2.59. The first kappa shape index (κ1) is 22.9. The van der Waals surface area contributed by atoms with Gasteiger partial charge in [0.15, 0.2) is 0 Å². The lowest BCUT2D eigenvalue weighted by Crippen LogP contribution is -2.72. The van der Waals surface area contributed by atoms with E-state index < -0.39 is 41.8 Å². The van der Waals surface area contributed by atoms with Crippen LogP contribution in [-0.4, -0.2) is 48.9 Å². The average Bonchev–Trinajstić information content (AvgIpc) is 2.36. The second kappa shape index (κ2) is 5.45. The van der Waals surface area contributed by atoms with Crippen LogP contribution in [0.25, 0.3) is 5.32 Å². The molecule has 0 bridgehead atoms. The third-order valence-corrected chi connectivity index (χ3v) is 2.59. The average molecular weight is 398 g/mol. The van der Waals surface area contributed by atoms with Gasteiger partial charge in [-0.3, -0.25) is 0 Å². The van der Waals surface area contributed by atoms with Crippen LogP contribution >= 0.6 is 0 Å². The van der Waals surface area contributed by atoms with Crippen molar-refractivity contribution in [2.75, 3.05) is 7.05 Å². The zero-order valence-corrected chi connectivity index (χ0v) is 10.6. The number of rotatable bonds is 6. The fraction of sp³-hybridized carbons (Fsp3) is 1.00. The largest absolute Gasteiger partial charge is 0.597 e. The molecule has 1 nitrogen and oxygen atoms in total. The molecule has 0 aromatic rings. The van der Waals surface area contributed by atoms with E-state index in [0.29, 0.717) is 0 Å². The normalized spacial score (nSPS) is 16.5. The zero-order valence-electron chi connectivity index (χ0n) is 10.6. The molecular weight excluding hydrogens is 395 g/mol. The Morgan fingerprint density at radius 3 is 0.917 bits per heavy atom. The highest BCUT2D eigenvalue weighted by Crippen LogP contribution is 2.62. The van der Waals surface area contributed by atoms with Crippen LogP contribution in [0, 0.1) is 0 Å². The van der Waals surface area contributed by atoms with Crippen LogP contribution in [0.4, 0.5) is 65.9 Å². The predicted molar refractivity (Wildman–Crippen MR) is 45.0 cm³/mol. The van der Waals surface area contributed by atoms with Gasteiger partial charge in [0.1, 0.15) is 0 Å². The van der Waals surface area contributed by atoms with Crippen molar-refractivity contribution in [1.82, 2.24) is 0 Å². The van der Waals surface area contributed by atoms with Gasteiger partial charge in [0, 0.05) is 0 Å². The van der Waals surface area contributed by atoms with Gasteiger partial charge in [-0.25, -0.2) is 8.78 Å². The van der Waals surface area contributed by atoms with E-state index in [1.165, 1.54) is 5.32 Å². The van der Waals surface area contributed by atoms with Crippen LogP contribution in [0.1, 0.15) is 0 Å². The molecule has 0 spiro atoms. The molecule has 0 aliphatic carbocycles. The van der Waals surface area contributed by atoms with Gasteiger partial charge in [0.25, 0.3) is 0 Å². The van der Waals surface area contributed by atoms with Crippen LogP contribution in [0.5, 0.6) is 0 Å². The molecule has 0 aromatic carbocycles. The Balaban J connectivity index is 6.42. The van der Waals surface area contributed by atoms with Gasteiger partial charge in [-0.15, -0.1) is 0 Å². The monoisotopic (exact) mass is 398 g/mol. The first-order chi connectivity index (χ1) is 10.1. The van der Waals surface area contributed by atoms with Crippen molar-refractivity contribution >= 4 is 0 Å². The molecule has 0 radical (unpaired) electrons. The van der Waals surface area contributed by atoms with Gasteiger partial charge in [0.2, 0.25) is 6.05 Å². The zero-order chi connectivity index (χ0) is 20.2. The molecule has 0 saturated heterocycles. The van der Waals surface area contributed by atoms with E-state index in [0.717, 1.165) is 0 Å². The van der Waals surface area contributed by atoms with Crippen molar-refractivity contribution < 1.29 is 65.9 Å². The smallest absolute Gasteiger partial charge is 0.460 e. The Hall–Kier alpha value is -1.09. The highest BCUT2D eigenvalue weighted by atomic mass is 19.4. The molecule has 24 heavy (non-hydrogen) atoms. The maximum absolute atomic E-state index is 12.9. The number of alkyl halides is 15. The first-order valence-corrected chi connectivity index (χ1v) is 5.01. The van der Waals surface area contributed by atoms with Crippen molar-refractivity contribution in [1.29, 1.82) is 0 Å². The van der Waals surface area contributed by atoms with Crippen molar-refractivity contribution in [2.24, 2.45) is 0 Å². The van der Waals surface area contributed by atoms with Crippen LogP contribution in [0.15, 0.2) is 0 Å². The first-order valence-electron chi connectivity index (χ1n) is 5.01. The highest BCUT2D eigenvalue weighted by Gasteiger charge is 2.92.